The van der Waals surface area contributed by atoms with E-state index < -0.39 is 27.4 Å². The van der Waals surface area contributed by atoms with E-state index in [1.807, 2.05) is 0 Å². The van der Waals surface area contributed by atoms with Gasteiger partial charge in [0, 0.05) is 4.47 Å². The quantitative estimate of drug-likeness (QED) is 0.833. The zero-order valence-electron chi connectivity index (χ0n) is 9.92. The topological polar surface area (TPSA) is 92.7 Å². The van der Waals surface area contributed by atoms with Gasteiger partial charge in [-0.2, -0.15) is 0 Å². The number of sulfonamides is 1. The number of carbonyl (C=O) groups is 1. The van der Waals surface area contributed by atoms with E-state index in [9.17, 15) is 18.3 Å². The van der Waals surface area contributed by atoms with Gasteiger partial charge in [0.25, 0.3) is 10.0 Å². The van der Waals surface area contributed by atoms with Gasteiger partial charge in [-0.3, -0.25) is 4.79 Å². The van der Waals surface area contributed by atoms with Crippen LogP contribution in [0.2, 0.25) is 0 Å². The van der Waals surface area contributed by atoms with Gasteiger partial charge in [-0.15, -0.1) is 11.3 Å². The fraction of sp³-hybridized carbons (Fsp3) is 0.500. The van der Waals surface area contributed by atoms with Crippen LogP contribution >= 0.6 is 27.3 Å². The van der Waals surface area contributed by atoms with Crippen LogP contribution in [0.4, 0.5) is 0 Å². The van der Waals surface area contributed by atoms with E-state index in [1.54, 1.807) is 11.4 Å². The maximum absolute atomic E-state index is 12.2. The van der Waals surface area contributed by atoms with Crippen molar-refractivity contribution in [3.8, 4) is 0 Å². The number of nitrogens with one attached hydrogen (secondary N) is 1. The molecule has 0 saturated carbocycles. The molecule has 0 amide bonds. The first kappa shape index (κ1) is 14.9. The summed E-state index contributed by atoms with van der Waals surface area (Å²) < 4.78 is 32.5. The van der Waals surface area contributed by atoms with E-state index in [4.69, 9.17) is 4.74 Å². The summed E-state index contributed by atoms with van der Waals surface area (Å²) in [7, 11) is -3.76. The first-order valence-corrected chi connectivity index (χ1v) is 8.49. The molecule has 1 saturated heterocycles. The van der Waals surface area contributed by atoms with Crippen LogP contribution in [0.5, 0.6) is 0 Å². The van der Waals surface area contributed by atoms with Gasteiger partial charge in [-0.05, 0) is 34.3 Å². The molecule has 0 aliphatic carbocycles. The smallest absolute Gasteiger partial charge is 0.313 e. The lowest BCUT2D eigenvalue weighted by Gasteiger charge is -2.25. The van der Waals surface area contributed by atoms with Crippen molar-refractivity contribution in [2.75, 3.05) is 13.2 Å². The second-order valence-electron chi connectivity index (χ2n) is 4.47. The number of rotatable bonds is 4. The second-order valence-corrected chi connectivity index (χ2v) is 8.15. The maximum Gasteiger partial charge on any atom is 0.313 e. The highest BCUT2D eigenvalue weighted by Crippen LogP contribution is 2.32. The average molecular weight is 370 g/mol. The summed E-state index contributed by atoms with van der Waals surface area (Å²) in [5.74, 6) is -1.08. The predicted molar refractivity (Wildman–Crippen MR) is 72.7 cm³/mol. The first-order valence-electron chi connectivity index (χ1n) is 5.34. The highest BCUT2D eigenvalue weighted by Gasteiger charge is 2.48. The molecule has 2 unspecified atom stereocenters. The minimum Gasteiger partial charge on any atom is -0.481 e. The molecule has 2 atom stereocenters. The van der Waals surface area contributed by atoms with Gasteiger partial charge >= 0.3 is 5.97 Å². The third kappa shape index (κ3) is 2.70. The Morgan fingerprint density at radius 3 is 2.89 bits per heavy atom. The van der Waals surface area contributed by atoms with Gasteiger partial charge in [0.15, 0.2) is 0 Å². The molecule has 0 spiro atoms. The molecule has 19 heavy (non-hydrogen) atoms. The molecule has 0 radical (unpaired) electrons. The Morgan fingerprint density at radius 2 is 2.37 bits per heavy atom. The minimum absolute atomic E-state index is 0.0128. The third-order valence-electron chi connectivity index (χ3n) is 3.07. The van der Waals surface area contributed by atoms with E-state index in [-0.39, 0.29) is 17.4 Å². The van der Waals surface area contributed by atoms with Crippen molar-refractivity contribution in [3.63, 3.8) is 0 Å². The number of carboxylic acid groups (broad SMARTS) is 1. The van der Waals surface area contributed by atoms with Gasteiger partial charge in [0.2, 0.25) is 0 Å². The zero-order valence-corrected chi connectivity index (χ0v) is 13.1. The average Bonchev–Trinajstić information content (AvgIpc) is 2.87. The Kier molecular flexibility index (Phi) is 4.03. The van der Waals surface area contributed by atoms with Crippen molar-refractivity contribution in [1.82, 2.24) is 4.72 Å². The van der Waals surface area contributed by atoms with Gasteiger partial charge in [0.05, 0.1) is 19.3 Å². The summed E-state index contributed by atoms with van der Waals surface area (Å²) in [4.78, 5) is 11.3. The summed E-state index contributed by atoms with van der Waals surface area (Å²) in [6, 6.07) is 0.838. The molecule has 6 nitrogen and oxygen atoms in total. The van der Waals surface area contributed by atoms with Crippen LogP contribution < -0.4 is 4.72 Å². The zero-order chi connectivity index (χ0) is 14.3. The standard InChI is InChI=1S/C10H12BrNO5S2/c1-10(9(13)14)5-17-4-7(10)12-19(15,16)8-6(11)2-3-18-8/h2-3,7,12H,4-5H2,1H3,(H,13,14). The van der Waals surface area contributed by atoms with Gasteiger partial charge < -0.3 is 9.84 Å². The fourth-order valence-corrected chi connectivity index (χ4v) is 5.45. The van der Waals surface area contributed by atoms with Crippen molar-refractivity contribution in [3.05, 3.63) is 15.9 Å². The summed E-state index contributed by atoms with van der Waals surface area (Å²) in [6.07, 6.45) is 0. The van der Waals surface area contributed by atoms with Crippen molar-refractivity contribution in [2.24, 2.45) is 5.41 Å². The molecular weight excluding hydrogens is 358 g/mol. The number of ether oxygens (including phenoxy) is 1. The van der Waals surface area contributed by atoms with Crippen LogP contribution in [-0.2, 0) is 19.6 Å². The lowest BCUT2D eigenvalue weighted by atomic mass is 9.86. The number of hydrogen-bond donors (Lipinski definition) is 2. The van der Waals surface area contributed by atoms with Gasteiger partial charge in [-0.1, -0.05) is 0 Å². The van der Waals surface area contributed by atoms with Crippen molar-refractivity contribution < 1.29 is 23.1 Å². The molecule has 1 aliphatic heterocycles. The molecule has 0 aromatic carbocycles. The van der Waals surface area contributed by atoms with E-state index in [0.717, 1.165) is 11.3 Å². The lowest BCUT2D eigenvalue weighted by Crippen LogP contribution is -2.49. The van der Waals surface area contributed by atoms with Crippen LogP contribution in [0.15, 0.2) is 20.1 Å². The molecule has 1 aromatic heterocycles. The molecule has 2 heterocycles. The van der Waals surface area contributed by atoms with Crippen LogP contribution in [0.1, 0.15) is 6.92 Å². The van der Waals surface area contributed by atoms with Crippen LogP contribution in [0.25, 0.3) is 0 Å². The highest BCUT2D eigenvalue weighted by atomic mass is 79.9. The number of thiophene rings is 1. The molecule has 2 rings (SSSR count). The number of carboxylic acids is 1. The third-order valence-corrected chi connectivity index (χ3v) is 7.21. The molecule has 9 heteroatoms. The number of hydrogen-bond acceptors (Lipinski definition) is 5. The minimum atomic E-state index is -3.76. The molecule has 1 fully saturated rings. The Balaban J connectivity index is 2.27. The number of aliphatic carboxylic acids is 1. The molecular formula is C10H12BrNO5S2. The van der Waals surface area contributed by atoms with Crippen LogP contribution in [0, 0.1) is 5.41 Å². The molecule has 1 aliphatic rings. The molecule has 0 bridgehead atoms. The van der Waals surface area contributed by atoms with E-state index in [2.05, 4.69) is 20.7 Å². The predicted octanol–water partition coefficient (Wildman–Crippen LogP) is 1.28. The van der Waals surface area contributed by atoms with Crippen LogP contribution in [0.3, 0.4) is 0 Å². The number of halogens is 1. The molecule has 2 N–H and O–H groups in total. The van der Waals surface area contributed by atoms with Gasteiger partial charge in [-0.25, -0.2) is 13.1 Å². The molecule has 106 valence electrons. The summed E-state index contributed by atoms with van der Waals surface area (Å²) in [5, 5.41) is 10.8. The summed E-state index contributed by atoms with van der Waals surface area (Å²) in [6.45, 7) is 1.51. The van der Waals surface area contributed by atoms with Gasteiger partial charge in [0.1, 0.15) is 9.62 Å². The van der Waals surface area contributed by atoms with E-state index >= 15 is 0 Å². The van der Waals surface area contributed by atoms with E-state index in [0.29, 0.717) is 4.47 Å². The van der Waals surface area contributed by atoms with E-state index in [1.165, 1.54) is 6.92 Å². The lowest BCUT2D eigenvalue weighted by molar-refractivity contribution is -0.148. The normalized spacial score (nSPS) is 27.6. The Labute approximate surface area is 123 Å². The highest BCUT2D eigenvalue weighted by molar-refractivity contribution is 9.10. The fourth-order valence-electron chi connectivity index (χ4n) is 1.76. The first-order chi connectivity index (χ1) is 8.77. The Hall–Kier alpha value is -0.480. The van der Waals surface area contributed by atoms with Crippen LogP contribution in [-0.4, -0.2) is 38.7 Å². The van der Waals surface area contributed by atoms with Crippen molar-refractivity contribution >= 4 is 43.3 Å². The van der Waals surface area contributed by atoms with Crippen molar-refractivity contribution in [2.45, 2.75) is 17.2 Å². The SMILES string of the molecule is CC1(C(=O)O)COCC1NS(=O)(=O)c1sccc1Br. The largest absolute Gasteiger partial charge is 0.481 e. The second kappa shape index (κ2) is 5.13. The monoisotopic (exact) mass is 369 g/mol. The summed E-state index contributed by atoms with van der Waals surface area (Å²) >= 11 is 4.22. The molecule has 1 aromatic rings. The Morgan fingerprint density at radius 1 is 1.68 bits per heavy atom. The summed E-state index contributed by atoms with van der Waals surface area (Å²) in [5.41, 5.74) is -1.25. The maximum atomic E-state index is 12.2. The Bertz CT molecular complexity index is 599. The van der Waals surface area contributed by atoms with Crippen molar-refractivity contribution in [1.29, 1.82) is 0 Å².